The van der Waals surface area contributed by atoms with Crippen LogP contribution in [0.3, 0.4) is 0 Å². The van der Waals surface area contributed by atoms with Crippen LogP contribution < -0.4 is 5.32 Å². The number of rotatable bonds is 7. The molecule has 17 heavy (non-hydrogen) atoms. The normalized spacial score (nSPS) is 12.1. The topological polar surface area (TPSA) is 32.3 Å². The average molecular weight is 296 g/mol. The van der Waals surface area contributed by atoms with Gasteiger partial charge in [-0.15, -0.1) is 12.3 Å². The van der Waals surface area contributed by atoms with Crippen LogP contribution in [0.5, 0.6) is 0 Å². The van der Waals surface area contributed by atoms with Crippen LogP contribution in [0.4, 0.5) is 0 Å². The monoisotopic (exact) mass is 295 g/mol. The number of benzene rings is 1. The van der Waals surface area contributed by atoms with Crippen LogP contribution in [0.2, 0.25) is 0 Å². The van der Waals surface area contributed by atoms with Crippen molar-refractivity contribution in [3.8, 4) is 12.3 Å². The summed E-state index contributed by atoms with van der Waals surface area (Å²) in [6.07, 6.45) is 7.63. The summed E-state index contributed by atoms with van der Waals surface area (Å²) >= 11 is 3.39. The number of hydrogen-bond acceptors (Lipinski definition) is 2. The van der Waals surface area contributed by atoms with Gasteiger partial charge in [-0.1, -0.05) is 28.1 Å². The van der Waals surface area contributed by atoms with Gasteiger partial charge in [-0.25, -0.2) is 0 Å². The summed E-state index contributed by atoms with van der Waals surface area (Å²) < 4.78 is 0.989. The van der Waals surface area contributed by atoms with Crippen molar-refractivity contribution in [1.82, 2.24) is 5.32 Å². The van der Waals surface area contributed by atoms with Gasteiger partial charge in [-0.2, -0.15) is 0 Å². The second-order valence-corrected chi connectivity index (χ2v) is 4.85. The maximum Gasteiger partial charge on any atom is 0.0914 e. The zero-order chi connectivity index (χ0) is 12.5. The first kappa shape index (κ1) is 14.2. The molecule has 1 atom stereocenters. The van der Waals surface area contributed by atoms with Crippen molar-refractivity contribution in [3.05, 3.63) is 34.3 Å². The quantitative estimate of drug-likeness (QED) is 0.599. The first-order valence-corrected chi connectivity index (χ1v) is 6.61. The summed E-state index contributed by atoms with van der Waals surface area (Å²) in [4.78, 5) is 0. The van der Waals surface area contributed by atoms with Crippen molar-refractivity contribution in [3.63, 3.8) is 0 Å². The summed E-state index contributed by atoms with van der Waals surface area (Å²) in [6, 6.07) is 7.74. The average Bonchev–Trinajstić information content (AvgIpc) is 2.33. The highest BCUT2D eigenvalue weighted by molar-refractivity contribution is 9.10. The maximum absolute atomic E-state index is 9.93. The molecule has 0 aliphatic carbocycles. The molecule has 0 aromatic heterocycles. The fraction of sp³-hybridized carbons (Fsp3) is 0.429. The molecular weight excluding hydrogens is 278 g/mol. The molecule has 1 unspecified atom stereocenters. The third-order valence-electron chi connectivity index (χ3n) is 2.50. The van der Waals surface area contributed by atoms with Gasteiger partial charge in [0.2, 0.25) is 0 Å². The zero-order valence-electron chi connectivity index (χ0n) is 9.82. The smallest absolute Gasteiger partial charge is 0.0914 e. The molecule has 1 aromatic rings. The third-order valence-corrected chi connectivity index (χ3v) is 2.99. The van der Waals surface area contributed by atoms with Gasteiger partial charge in [0.1, 0.15) is 0 Å². The number of aliphatic hydroxyl groups is 1. The molecule has 2 N–H and O–H groups in total. The van der Waals surface area contributed by atoms with Crippen LogP contribution in [0.25, 0.3) is 0 Å². The number of hydrogen-bond donors (Lipinski definition) is 2. The minimum Gasteiger partial charge on any atom is -0.387 e. The largest absolute Gasteiger partial charge is 0.387 e. The van der Waals surface area contributed by atoms with E-state index >= 15 is 0 Å². The number of terminal acetylenes is 1. The fourth-order valence-corrected chi connectivity index (χ4v) is 1.96. The highest BCUT2D eigenvalue weighted by Crippen LogP contribution is 2.17. The SMILES string of the molecule is C#CCCCCNCC(O)c1cccc(Br)c1. The Morgan fingerprint density at radius 1 is 1.41 bits per heavy atom. The van der Waals surface area contributed by atoms with Crippen LogP contribution in [0.1, 0.15) is 30.9 Å². The molecule has 0 fully saturated rings. The van der Waals surface area contributed by atoms with Crippen LogP contribution in [-0.4, -0.2) is 18.2 Å². The summed E-state index contributed by atoms with van der Waals surface area (Å²) in [5.74, 6) is 2.62. The van der Waals surface area contributed by atoms with E-state index in [1.165, 1.54) is 0 Å². The first-order chi connectivity index (χ1) is 8.24. The third kappa shape index (κ3) is 5.88. The molecule has 0 saturated heterocycles. The van der Waals surface area contributed by atoms with E-state index in [1.807, 2.05) is 24.3 Å². The molecule has 0 saturated carbocycles. The van der Waals surface area contributed by atoms with E-state index in [2.05, 4.69) is 27.2 Å². The number of aliphatic hydroxyl groups excluding tert-OH is 1. The zero-order valence-corrected chi connectivity index (χ0v) is 11.4. The van der Waals surface area contributed by atoms with Crippen molar-refractivity contribution >= 4 is 15.9 Å². The van der Waals surface area contributed by atoms with Gasteiger partial charge in [0.25, 0.3) is 0 Å². The van der Waals surface area contributed by atoms with E-state index in [9.17, 15) is 5.11 Å². The van der Waals surface area contributed by atoms with E-state index in [0.29, 0.717) is 6.54 Å². The molecule has 0 heterocycles. The van der Waals surface area contributed by atoms with Crippen molar-refractivity contribution in [2.24, 2.45) is 0 Å². The van der Waals surface area contributed by atoms with E-state index in [0.717, 1.165) is 35.8 Å². The molecule has 1 rings (SSSR count). The Morgan fingerprint density at radius 2 is 2.24 bits per heavy atom. The lowest BCUT2D eigenvalue weighted by molar-refractivity contribution is 0.174. The second kappa shape index (κ2) is 8.30. The molecule has 2 nitrogen and oxygen atoms in total. The van der Waals surface area contributed by atoms with Crippen molar-refractivity contribution < 1.29 is 5.11 Å². The van der Waals surface area contributed by atoms with Gasteiger partial charge in [0.15, 0.2) is 0 Å². The summed E-state index contributed by atoms with van der Waals surface area (Å²) in [5, 5.41) is 13.2. The fourth-order valence-electron chi connectivity index (χ4n) is 1.55. The molecule has 3 heteroatoms. The molecule has 1 aromatic carbocycles. The summed E-state index contributed by atoms with van der Waals surface area (Å²) in [5.41, 5.74) is 0.926. The highest BCUT2D eigenvalue weighted by atomic mass is 79.9. The Labute approximate surface area is 112 Å². The summed E-state index contributed by atoms with van der Waals surface area (Å²) in [7, 11) is 0. The molecular formula is C14H18BrNO. The Hall–Kier alpha value is -0.820. The van der Waals surface area contributed by atoms with E-state index in [-0.39, 0.29) is 0 Å². The van der Waals surface area contributed by atoms with Crippen molar-refractivity contribution in [1.29, 1.82) is 0 Å². The van der Waals surface area contributed by atoms with Gasteiger partial charge in [0.05, 0.1) is 6.10 Å². The van der Waals surface area contributed by atoms with Crippen LogP contribution in [-0.2, 0) is 0 Å². The second-order valence-electron chi connectivity index (χ2n) is 3.94. The molecule has 92 valence electrons. The van der Waals surface area contributed by atoms with Crippen molar-refractivity contribution in [2.75, 3.05) is 13.1 Å². The van der Waals surface area contributed by atoms with E-state index < -0.39 is 6.10 Å². The van der Waals surface area contributed by atoms with Crippen LogP contribution >= 0.6 is 15.9 Å². The highest BCUT2D eigenvalue weighted by Gasteiger charge is 2.06. The lowest BCUT2D eigenvalue weighted by atomic mass is 10.1. The van der Waals surface area contributed by atoms with Gasteiger partial charge < -0.3 is 10.4 Å². The van der Waals surface area contributed by atoms with E-state index in [1.54, 1.807) is 0 Å². The predicted octanol–water partition coefficient (Wildman–Crippen LogP) is 2.88. The van der Waals surface area contributed by atoms with E-state index in [4.69, 9.17) is 6.42 Å². The predicted molar refractivity (Wildman–Crippen MR) is 74.7 cm³/mol. The maximum atomic E-state index is 9.93. The van der Waals surface area contributed by atoms with Gasteiger partial charge in [0, 0.05) is 17.4 Å². The number of unbranched alkanes of at least 4 members (excludes halogenated alkanes) is 2. The Morgan fingerprint density at radius 3 is 2.94 bits per heavy atom. The molecule has 0 amide bonds. The molecule has 0 spiro atoms. The van der Waals surface area contributed by atoms with Gasteiger partial charge in [-0.05, 0) is 37.1 Å². The molecule has 0 aliphatic heterocycles. The Bertz CT molecular complexity index is 373. The molecule has 0 radical (unpaired) electrons. The lowest BCUT2D eigenvalue weighted by Crippen LogP contribution is -2.22. The van der Waals surface area contributed by atoms with Crippen molar-refractivity contribution in [2.45, 2.75) is 25.4 Å². The van der Waals surface area contributed by atoms with Gasteiger partial charge in [-0.3, -0.25) is 0 Å². The minimum atomic E-state index is -0.458. The first-order valence-electron chi connectivity index (χ1n) is 5.81. The Balaban J connectivity index is 2.21. The lowest BCUT2D eigenvalue weighted by Gasteiger charge is -2.12. The molecule has 0 aliphatic rings. The number of nitrogens with one attached hydrogen (secondary N) is 1. The van der Waals surface area contributed by atoms with Crippen LogP contribution in [0, 0.1) is 12.3 Å². The minimum absolute atomic E-state index is 0.458. The van der Waals surface area contributed by atoms with Gasteiger partial charge >= 0.3 is 0 Å². The molecule has 0 bridgehead atoms. The summed E-state index contributed by atoms with van der Waals surface area (Å²) in [6.45, 7) is 1.47. The number of halogens is 1. The van der Waals surface area contributed by atoms with Crippen LogP contribution in [0.15, 0.2) is 28.7 Å². The Kier molecular flexibility index (Phi) is 6.95. The standard InChI is InChI=1S/C14H18BrNO/c1-2-3-4-5-9-16-11-14(17)12-7-6-8-13(15)10-12/h1,6-8,10,14,16-17H,3-5,9,11H2.